The minimum Gasteiger partial charge on any atom is -0.314 e. The summed E-state index contributed by atoms with van der Waals surface area (Å²) >= 11 is 0. The molecule has 1 aromatic heterocycles. The molecule has 2 heterocycles. The summed E-state index contributed by atoms with van der Waals surface area (Å²) < 4.78 is 2.01. The van der Waals surface area contributed by atoms with Crippen molar-refractivity contribution in [3.63, 3.8) is 0 Å². The number of rotatable bonds is 7. The van der Waals surface area contributed by atoms with E-state index in [4.69, 9.17) is 0 Å². The van der Waals surface area contributed by atoms with Crippen LogP contribution in [0.25, 0.3) is 0 Å². The fraction of sp³-hybridized carbons (Fsp3) is 0.800. The molecule has 1 saturated heterocycles. The first kappa shape index (κ1) is 14.5. The van der Waals surface area contributed by atoms with E-state index >= 15 is 0 Å². The maximum atomic E-state index is 4.22. The topological polar surface area (TPSA) is 33.1 Å². The molecule has 1 aromatic rings. The normalized spacial score (nSPS) is 18.3. The molecule has 0 atom stereocenters. The van der Waals surface area contributed by atoms with Crippen LogP contribution in [0.5, 0.6) is 0 Å². The summed E-state index contributed by atoms with van der Waals surface area (Å²) in [5.74, 6) is 0.790. The SMILES string of the molecule is CC(C)CN1CCC(NCCCn2cccn2)CC1. The lowest BCUT2D eigenvalue weighted by Gasteiger charge is -2.33. The fourth-order valence-corrected chi connectivity index (χ4v) is 2.82. The van der Waals surface area contributed by atoms with Crippen LogP contribution >= 0.6 is 0 Å². The van der Waals surface area contributed by atoms with Gasteiger partial charge in [-0.15, -0.1) is 0 Å². The lowest BCUT2D eigenvalue weighted by molar-refractivity contribution is 0.180. The number of hydrogen-bond acceptors (Lipinski definition) is 3. The molecule has 4 nitrogen and oxygen atoms in total. The average Bonchev–Trinajstić information content (AvgIpc) is 2.89. The average molecular weight is 264 g/mol. The van der Waals surface area contributed by atoms with Crippen LogP contribution in [-0.2, 0) is 6.54 Å². The number of hydrogen-bond donors (Lipinski definition) is 1. The molecule has 108 valence electrons. The van der Waals surface area contributed by atoms with Crippen LogP contribution < -0.4 is 5.32 Å². The van der Waals surface area contributed by atoms with Crippen molar-refractivity contribution in [3.05, 3.63) is 18.5 Å². The van der Waals surface area contributed by atoms with Crippen LogP contribution in [0.15, 0.2) is 18.5 Å². The highest BCUT2D eigenvalue weighted by molar-refractivity contribution is 4.79. The second-order valence-electron chi connectivity index (χ2n) is 6.05. The van der Waals surface area contributed by atoms with E-state index in [1.54, 1.807) is 0 Å². The molecule has 1 N–H and O–H groups in total. The van der Waals surface area contributed by atoms with Crippen LogP contribution in [0.2, 0.25) is 0 Å². The molecule has 0 amide bonds. The van der Waals surface area contributed by atoms with Crippen molar-refractivity contribution >= 4 is 0 Å². The van der Waals surface area contributed by atoms with Gasteiger partial charge >= 0.3 is 0 Å². The Morgan fingerprint density at radius 3 is 2.74 bits per heavy atom. The van der Waals surface area contributed by atoms with Crippen LogP contribution in [0, 0.1) is 5.92 Å². The van der Waals surface area contributed by atoms with Crippen molar-refractivity contribution < 1.29 is 0 Å². The van der Waals surface area contributed by atoms with Gasteiger partial charge in [-0.05, 0) is 50.9 Å². The summed E-state index contributed by atoms with van der Waals surface area (Å²) in [4.78, 5) is 2.60. The van der Waals surface area contributed by atoms with Crippen molar-refractivity contribution in [1.29, 1.82) is 0 Å². The Kier molecular flexibility index (Phi) is 5.86. The summed E-state index contributed by atoms with van der Waals surface area (Å²) in [5.41, 5.74) is 0. The second kappa shape index (κ2) is 7.65. The highest BCUT2D eigenvalue weighted by Gasteiger charge is 2.18. The van der Waals surface area contributed by atoms with Crippen molar-refractivity contribution in [3.8, 4) is 0 Å². The van der Waals surface area contributed by atoms with E-state index in [1.165, 1.54) is 32.5 Å². The Morgan fingerprint density at radius 2 is 2.11 bits per heavy atom. The monoisotopic (exact) mass is 264 g/mol. The molecule has 0 saturated carbocycles. The Morgan fingerprint density at radius 1 is 1.32 bits per heavy atom. The highest BCUT2D eigenvalue weighted by atomic mass is 15.3. The Bertz CT molecular complexity index is 326. The number of aryl methyl sites for hydroxylation is 1. The third kappa shape index (κ3) is 5.33. The first-order valence-electron chi connectivity index (χ1n) is 7.67. The Balaban J connectivity index is 1.53. The number of likely N-dealkylation sites (tertiary alicyclic amines) is 1. The summed E-state index contributed by atoms with van der Waals surface area (Å²) in [7, 11) is 0. The molecule has 2 rings (SSSR count). The molecular weight excluding hydrogens is 236 g/mol. The summed E-state index contributed by atoms with van der Waals surface area (Å²) in [5, 5.41) is 7.91. The molecular formula is C15H28N4. The van der Waals surface area contributed by atoms with Gasteiger partial charge in [0.05, 0.1) is 0 Å². The molecule has 19 heavy (non-hydrogen) atoms. The molecule has 4 heteroatoms. The van der Waals surface area contributed by atoms with Crippen LogP contribution in [0.4, 0.5) is 0 Å². The van der Waals surface area contributed by atoms with Gasteiger partial charge in [0.2, 0.25) is 0 Å². The van der Waals surface area contributed by atoms with Gasteiger partial charge in [-0.3, -0.25) is 4.68 Å². The third-order valence-corrected chi connectivity index (χ3v) is 3.77. The van der Waals surface area contributed by atoms with Gasteiger partial charge in [0.15, 0.2) is 0 Å². The van der Waals surface area contributed by atoms with Gasteiger partial charge in [0.25, 0.3) is 0 Å². The number of aromatic nitrogens is 2. The number of nitrogens with one attached hydrogen (secondary N) is 1. The van der Waals surface area contributed by atoms with Crippen LogP contribution in [0.1, 0.15) is 33.1 Å². The van der Waals surface area contributed by atoms with E-state index in [2.05, 4.69) is 29.2 Å². The zero-order valence-electron chi connectivity index (χ0n) is 12.4. The Hall–Kier alpha value is -0.870. The predicted octanol–water partition coefficient (Wildman–Crippen LogP) is 1.98. The lowest BCUT2D eigenvalue weighted by atomic mass is 10.0. The molecule has 0 bridgehead atoms. The van der Waals surface area contributed by atoms with E-state index in [9.17, 15) is 0 Å². The number of piperidine rings is 1. The molecule has 1 fully saturated rings. The molecule has 0 unspecified atom stereocenters. The molecule has 0 aromatic carbocycles. The minimum absolute atomic E-state index is 0.723. The van der Waals surface area contributed by atoms with E-state index in [-0.39, 0.29) is 0 Å². The van der Waals surface area contributed by atoms with Crippen molar-refractivity contribution in [2.24, 2.45) is 5.92 Å². The lowest BCUT2D eigenvalue weighted by Crippen LogP contribution is -2.43. The molecule has 0 radical (unpaired) electrons. The zero-order chi connectivity index (χ0) is 13.5. The minimum atomic E-state index is 0.723. The standard InChI is InChI=1S/C15H28N4/c1-14(2)13-18-11-5-15(6-12-18)16-7-3-9-19-10-4-8-17-19/h4,8,10,14-16H,3,5-7,9,11-13H2,1-2H3. The first-order chi connectivity index (χ1) is 9.24. The van der Waals surface area contributed by atoms with Crippen molar-refractivity contribution in [1.82, 2.24) is 20.0 Å². The van der Waals surface area contributed by atoms with Gasteiger partial charge < -0.3 is 10.2 Å². The Labute approximate surface area is 117 Å². The van der Waals surface area contributed by atoms with Gasteiger partial charge in [0, 0.05) is 31.5 Å². The van der Waals surface area contributed by atoms with E-state index in [0.717, 1.165) is 31.5 Å². The maximum absolute atomic E-state index is 4.22. The van der Waals surface area contributed by atoms with Crippen molar-refractivity contribution in [2.45, 2.75) is 45.7 Å². The molecule has 1 aliphatic rings. The van der Waals surface area contributed by atoms with Gasteiger partial charge in [-0.1, -0.05) is 13.8 Å². The largest absolute Gasteiger partial charge is 0.314 e. The van der Waals surface area contributed by atoms with Crippen LogP contribution in [0.3, 0.4) is 0 Å². The van der Waals surface area contributed by atoms with Gasteiger partial charge in [-0.25, -0.2) is 0 Å². The van der Waals surface area contributed by atoms with Crippen LogP contribution in [-0.4, -0.2) is 46.9 Å². The second-order valence-corrected chi connectivity index (χ2v) is 6.05. The summed E-state index contributed by atoms with van der Waals surface area (Å²) in [6.45, 7) is 10.5. The first-order valence-corrected chi connectivity index (χ1v) is 7.67. The van der Waals surface area contributed by atoms with E-state index in [1.807, 2.05) is 23.1 Å². The molecule has 1 aliphatic heterocycles. The predicted molar refractivity (Wildman–Crippen MR) is 79.1 cm³/mol. The smallest absolute Gasteiger partial charge is 0.0489 e. The number of nitrogens with zero attached hydrogens (tertiary/aromatic N) is 3. The van der Waals surface area contributed by atoms with E-state index in [0.29, 0.717) is 0 Å². The third-order valence-electron chi connectivity index (χ3n) is 3.77. The maximum Gasteiger partial charge on any atom is 0.0489 e. The summed E-state index contributed by atoms with van der Waals surface area (Å²) in [6, 6.07) is 2.71. The fourth-order valence-electron chi connectivity index (χ4n) is 2.82. The molecule has 0 spiro atoms. The molecule has 0 aliphatic carbocycles. The van der Waals surface area contributed by atoms with Crippen molar-refractivity contribution in [2.75, 3.05) is 26.2 Å². The highest BCUT2D eigenvalue weighted by Crippen LogP contribution is 2.11. The quantitative estimate of drug-likeness (QED) is 0.765. The van der Waals surface area contributed by atoms with Gasteiger partial charge in [0.1, 0.15) is 0 Å². The van der Waals surface area contributed by atoms with Gasteiger partial charge in [-0.2, -0.15) is 5.10 Å². The summed E-state index contributed by atoms with van der Waals surface area (Å²) in [6.07, 6.45) is 7.64. The zero-order valence-corrected chi connectivity index (χ0v) is 12.4. The van der Waals surface area contributed by atoms with E-state index < -0.39 is 0 Å².